The number of nitrogens with zero attached hydrogens (tertiary/aromatic N) is 4. The Hall–Kier alpha value is -2.36. The van der Waals surface area contributed by atoms with Crippen molar-refractivity contribution in [3.8, 4) is 0 Å². The average molecular weight is 426 g/mol. The highest BCUT2D eigenvalue weighted by Crippen LogP contribution is 2.43. The molecule has 0 radical (unpaired) electrons. The van der Waals surface area contributed by atoms with E-state index in [0.29, 0.717) is 37.3 Å². The number of anilines is 1. The normalized spacial score (nSPS) is 24.0. The van der Waals surface area contributed by atoms with Gasteiger partial charge >= 0.3 is 12.3 Å². The van der Waals surface area contributed by atoms with E-state index < -0.39 is 18.0 Å². The first-order valence-electron chi connectivity index (χ1n) is 9.43. The summed E-state index contributed by atoms with van der Waals surface area (Å²) in [5.74, 6) is 1.33. The predicted molar refractivity (Wildman–Crippen MR) is 102 cm³/mol. The standard InChI is InChI=1S/C19H21F3N4O2S/c20-19(21,22)16-2-1-3-17(24-16)25-7-13-4-12(5-14(13)8-25)6-26(18(27)28)9-15-10-29-11-23-15/h1-3,10-14H,4-9H2,(H,27,28)/t12-,13-,14+. The van der Waals surface area contributed by atoms with Crippen molar-refractivity contribution < 1.29 is 23.1 Å². The first kappa shape index (κ1) is 19.9. The van der Waals surface area contributed by atoms with E-state index in [1.165, 1.54) is 22.3 Å². The fourth-order valence-corrected chi connectivity index (χ4v) is 5.10. The summed E-state index contributed by atoms with van der Waals surface area (Å²) in [5.41, 5.74) is 1.56. The molecule has 1 N–H and O–H groups in total. The number of amides is 1. The van der Waals surface area contributed by atoms with Gasteiger partial charge in [-0.05, 0) is 42.7 Å². The number of thiazole rings is 1. The molecule has 0 unspecified atom stereocenters. The van der Waals surface area contributed by atoms with E-state index in [-0.39, 0.29) is 12.5 Å². The summed E-state index contributed by atoms with van der Waals surface area (Å²) in [6.07, 6.45) is -3.65. The lowest BCUT2D eigenvalue weighted by atomic mass is 10.0. The van der Waals surface area contributed by atoms with Crippen LogP contribution in [0.4, 0.5) is 23.8 Å². The molecule has 0 bridgehead atoms. The molecule has 2 fully saturated rings. The zero-order valence-corrected chi connectivity index (χ0v) is 16.4. The van der Waals surface area contributed by atoms with Crippen molar-refractivity contribution in [1.82, 2.24) is 14.9 Å². The number of carboxylic acid groups (broad SMARTS) is 1. The summed E-state index contributed by atoms with van der Waals surface area (Å²) in [7, 11) is 0. The first-order chi connectivity index (χ1) is 13.8. The van der Waals surface area contributed by atoms with Crippen LogP contribution in [0.25, 0.3) is 0 Å². The zero-order valence-electron chi connectivity index (χ0n) is 15.5. The van der Waals surface area contributed by atoms with Gasteiger partial charge in [0.15, 0.2) is 0 Å². The van der Waals surface area contributed by atoms with Crippen LogP contribution in [0.15, 0.2) is 29.1 Å². The summed E-state index contributed by atoms with van der Waals surface area (Å²) in [6.45, 7) is 2.07. The van der Waals surface area contributed by atoms with Gasteiger partial charge < -0.3 is 14.9 Å². The van der Waals surface area contributed by atoms with Crippen molar-refractivity contribution in [3.63, 3.8) is 0 Å². The largest absolute Gasteiger partial charge is 0.465 e. The Morgan fingerprint density at radius 1 is 1.28 bits per heavy atom. The van der Waals surface area contributed by atoms with Gasteiger partial charge in [-0.1, -0.05) is 6.07 Å². The number of pyridine rings is 1. The van der Waals surface area contributed by atoms with Crippen molar-refractivity contribution in [2.24, 2.45) is 17.8 Å². The Morgan fingerprint density at radius 2 is 2.00 bits per heavy atom. The smallest absolute Gasteiger partial charge is 0.433 e. The lowest BCUT2D eigenvalue weighted by Crippen LogP contribution is -2.34. The summed E-state index contributed by atoms with van der Waals surface area (Å²) in [5, 5.41) is 11.4. The minimum Gasteiger partial charge on any atom is -0.465 e. The van der Waals surface area contributed by atoms with E-state index in [9.17, 15) is 23.1 Å². The third-order valence-electron chi connectivity index (χ3n) is 5.78. The van der Waals surface area contributed by atoms with Crippen LogP contribution in [0.2, 0.25) is 0 Å². The summed E-state index contributed by atoms with van der Waals surface area (Å²) in [6, 6.07) is 4.00. The monoisotopic (exact) mass is 426 g/mol. The maximum Gasteiger partial charge on any atom is 0.433 e. The Morgan fingerprint density at radius 3 is 2.59 bits per heavy atom. The molecule has 156 valence electrons. The van der Waals surface area contributed by atoms with Crippen LogP contribution in [0, 0.1) is 17.8 Å². The molecule has 0 spiro atoms. The van der Waals surface area contributed by atoms with Crippen LogP contribution < -0.4 is 4.90 Å². The maximum absolute atomic E-state index is 12.9. The molecule has 1 aliphatic heterocycles. The summed E-state index contributed by atoms with van der Waals surface area (Å²) >= 11 is 1.44. The number of hydrogen-bond acceptors (Lipinski definition) is 5. The quantitative estimate of drug-likeness (QED) is 0.776. The van der Waals surface area contributed by atoms with E-state index in [0.717, 1.165) is 24.6 Å². The SMILES string of the molecule is O=C(O)N(Cc1cscn1)C[C@@H]1C[C@@H]2CN(c3cccc(C(F)(F)F)n3)C[C@@H]2C1. The molecule has 1 saturated carbocycles. The summed E-state index contributed by atoms with van der Waals surface area (Å²) in [4.78, 5) is 22.9. The van der Waals surface area contributed by atoms with Gasteiger partial charge in [-0.25, -0.2) is 14.8 Å². The molecule has 2 aromatic rings. The van der Waals surface area contributed by atoms with Crippen LogP contribution in [-0.4, -0.2) is 45.7 Å². The van der Waals surface area contributed by atoms with E-state index in [1.807, 2.05) is 10.3 Å². The Balaban J connectivity index is 1.36. The Bertz CT molecular complexity index is 847. The van der Waals surface area contributed by atoms with Crippen LogP contribution in [0.3, 0.4) is 0 Å². The minimum atomic E-state index is -4.45. The highest BCUT2D eigenvalue weighted by atomic mass is 32.1. The highest BCUT2D eigenvalue weighted by molar-refractivity contribution is 7.07. The number of aromatic nitrogens is 2. The van der Waals surface area contributed by atoms with Crippen molar-refractivity contribution in [2.75, 3.05) is 24.5 Å². The molecule has 4 rings (SSSR count). The molecule has 1 aliphatic carbocycles. The second-order valence-electron chi connectivity index (χ2n) is 7.78. The second kappa shape index (κ2) is 7.81. The van der Waals surface area contributed by atoms with E-state index in [2.05, 4.69) is 9.97 Å². The lowest BCUT2D eigenvalue weighted by Gasteiger charge is -2.24. The Kier molecular flexibility index (Phi) is 5.37. The van der Waals surface area contributed by atoms with E-state index in [4.69, 9.17) is 0 Å². The number of rotatable bonds is 5. The molecule has 1 saturated heterocycles. The predicted octanol–water partition coefficient (Wildman–Crippen LogP) is 4.20. The fourth-order valence-electron chi connectivity index (χ4n) is 4.55. The molecule has 10 heteroatoms. The molecule has 29 heavy (non-hydrogen) atoms. The third-order valence-corrected chi connectivity index (χ3v) is 6.42. The van der Waals surface area contributed by atoms with Gasteiger partial charge in [0.1, 0.15) is 11.5 Å². The molecule has 3 atom stereocenters. The van der Waals surface area contributed by atoms with Crippen LogP contribution in [-0.2, 0) is 12.7 Å². The minimum absolute atomic E-state index is 0.261. The van der Waals surface area contributed by atoms with Gasteiger partial charge in [0.05, 0.1) is 17.7 Å². The first-order valence-corrected chi connectivity index (χ1v) is 10.4. The molecular formula is C19H21F3N4O2S. The number of halogens is 3. The molecule has 2 aliphatic rings. The van der Waals surface area contributed by atoms with Crippen LogP contribution in [0.1, 0.15) is 24.2 Å². The van der Waals surface area contributed by atoms with Crippen molar-refractivity contribution in [3.05, 3.63) is 40.5 Å². The van der Waals surface area contributed by atoms with Crippen LogP contribution in [0.5, 0.6) is 0 Å². The zero-order chi connectivity index (χ0) is 20.6. The maximum atomic E-state index is 12.9. The third kappa shape index (κ3) is 4.47. The fraction of sp³-hybridized carbons (Fsp3) is 0.526. The number of carbonyl (C=O) groups is 1. The summed E-state index contributed by atoms with van der Waals surface area (Å²) < 4.78 is 38.8. The second-order valence-corrected chi connectivity index (χ2v) is 8.50. The molecule has 3 heterocycles. The number of alkyl halides is 3. The van der Waals surface area contributed by atoms with Crippen molar-refractivity contribution >= 4 is 23.2 Å². The van der Waals surface area contributed by atoms with Gasteiger partial charge in [-0.2, -0.15) is 13.2 Å². The lowest BCUT2D eigenvalue weighted by molar-refractivity contribution is -0.141. The van der Waals surface area contributed by atoms with Crippen LogP contribution >= 0.6 is 11.3 Å². The van der Waals surface area contributed by atoms with Crippen molar-refractivity contribution in [2.45, 2.75) is 25.6 Å². The van der Waals surface area contributed by atoms with Gasteiger partial charge in [0, 0.05) is 25.0 Å². The van der Waals surface area contributed by atoms with E-state index >= 15 is 0 Å². The molecule has 0 aromatic carbocycles. The molecule has 6 nitrogen and oxygen atoms in total. The van der Waals surface area contributed by atoms with Gasteiger partial charge in [0.25, 0.3) is 0 Å². The van der Waals surface area contributed by atoms with Gasteiger partial charge in [-0.3, -0.25) is 0 Å². The topological polar surface area (TPSA) is 69.6 Å². The van der Waals surface area contributed by atoms with E-state index in [1.54, 1.807) is 11.6 Å². The molecule has 2 aromatic heterocycles. The number of hydrogen-bond donors (Lipinski definition) is 1. The Labute approximate surface area is 170 Å². The molecule has 1 amide bonds. The average Bonchev–Trinajstić information content (AvgIpc) is 3.37. The van der Waals surface area contributed by atoms with Crippen molar-refractivity contribution in [1.29, 1.82) is 0 Å². The number of fused-ring (bicyclic) bond motifs is 1. The van der Waals surface area contributed by atoms with Gasteiger partial charge in [-0.15, -0.1) is 11.3 Å². The highest BCUT2D eigenvalue weighted by Gasteiger charge is 2.42. The van der Waals surface area contributed by atoms with Gasteiger partial charge in [0.2, 0.25) is 0 Å². The molecular weight excluding hydrogens is 405 g/mol.